The number of hydrogen-bond donors (Lipinski definition) is 1. The Hall–Kier alpha value is -2.37. The Balaban J connectivity index is 2.22. The average molecular weight is 274 g/mol. The zero-order valence-electron chi connectivity index (χ0n) is 11.8. The molecule has 0 unspecified atom stereocenters. The first-order chi connectivity index (χ1) is 9.61. The van der Waals surface area contributed by atoms with Crippen molar-refractivity contribution >= 4 is 17.5 Å². The molecule has 2 heterocycles. The van der Waals surface area contributed by atoms with Gasteiger partial charge in [-0.1, -0.05) is 0 Å². The summed E-state index contributed by atoms with van der Waals surface area (Å²) in [6, 6.07) is 3.66. The van der Waals surface area contributed by atoms with Gasteiger partial charge in [-0.25, -0.2) is 9.78 Å². The van der Waals surface area contributed by atoms with Crippen LogP contribution in [0.25, 0.3) is 0 Å². The highest BCUT2D eigenvalue weighted by atomic mass is 16.5. The molecule has 0 fully saturated rings. The summed E-state index contributed by atoms with van der Waals surface area (Å²) in [5.74, 6) is 0.0774. The standard InChI is InChI=1S/C14H18N4O2/c1-4-20-14(19)12-6-5-7-15-13(12)17-11-8-16-18(9-11)10(2)3/h5-10H,4H2,1-3H3,(H,15,17). The summed E-state index contributed by atoms with van der Waals surface area (Å²) in [7, 11) is 0. The molecule has 0 aromatic carbocycles. The van der Waals surface area contributed by atoms with Crippen molar-refractivity contribution in [2.45, 2.75) is 26.8 Å². The molecule has 0 aliphatic rings. The van der Waals surface area contributed by atoms with Crippen LogP contribution in [0.5, 0.6) is 0 Å². The van der Waals surface area contributed by atoms with Crippen LogP contribution < -0.4 is 5.32 Å². The fourth-order valence-corrected chi connectivity index (χ4v) is 1.70. The summed E-state index contributed by atoms with van der Waals surface area (Å²) in [4.78, 5) is 16.0. The van der Waals surface area contributed by atoms with Crippen LogP contribution in [0.15, 0.2) is 30.7 Å². The van der Waals surface area contributed by atoms with Gasteiger partial charge in [-0.05, 0) is 32.9 Å². The van der Waals surface area contributed by atoms with Crippen molar-refractivity contribution in [1.82, 2.24) is 14.8 Å². The summed E-state index contributed by atoms with van der Waals surface area (Å²) in [5, 5.41) is 7.32. The second kappa shape index (κ2) is 6.18. The van der Waals surface area contributed by atoms with Crippen molar-refractivity contribution in [3.63, 3.8) is 0 Å². The van der Waals surface area contributed by atoms with Crippen LogP contribution in [0.2, 0.25) is 0 Å². The molecule has 0 atom stereocenters. The smallest absolute Gasteiger partial charge is 0.341 e. The summed E-state index contributed by atoms with van der Waals surface area (Å²) < 4.78 is 6.84. The number of nitrogens with one attached hydrogen (secondary N) is 1. The normalized spacial score (nSPS) is 10.6. The molecule has 2 aromatic rings. The molecular formula is C14H18N4O2. The van der Waals surface area contributed by atoms with E-state index in [0.29, 0.717) is 18.0 Å². The quantitative estimate of drug-likeness (QED) is 0.849. The Kier molecular flexibility index (Phi) is 4.34. The predicted octanol–water partition coefficient (Wildman–Crippen LogP) is 2.78. The Bertz CT molecular complexity index is 592. The molecule has 0 spiro atoms. The average Bonchev–Trinajstić information content (AvgIpc) is 2.88. The zero-order valence-corrected chi connectivity index (χ0v) is 11.8. The minimum atomic E-state index is -0.389. The van der Waals surface area contributed by atoms with Crippen molar-refractivity contribution in [3.8, 4) is 0 Å². The molecule has 0 aliphatic carbocycles. The van der Waals surface area contributed by atoms with Gasteiger partial charge in [0, 0.05) is 18.4 Å². The number of pyridine rings is 1. The van der Waals surface area contributed by atoms with Gasteiger partial charge in [-0.3, -0.25) is 4.68 Å². The molecule has 0 saturated heterocycles. The van der Waals surface area contributed by atoms with Crippen LogP contribution in [0.1, 0.15) is 37.2 Å². The topological polar surface area (TPSA) is 69.0 Å². The largest absolute Gasteiger partial charge is 0.462 e. The van der Waals surface area contributed by atoms with Crippen molar-refractivity contribution in [3.05, 3.63) is 36.3 Å². The lowest BCUT2D eigenvalue weighted by atomic mass is 10.2. The van der Waals surface area contributed by atoms with E-state index in [9.17, 15) is 4.79 Å². The van der Waals surface area contributed by atoms with Gasteiger partial charge in [-0.2, -0.15) is 5.10 Å². The van der Waals surface area contributed by atoms with Crippen LogP contribution in [0, 0.1) is 0 Å². The molecule has 20 heavy (non-hydrogen) atoms. The monoisotopic (exact) mass is 274 g/mol. The summed E-state index contributed by atoms with van der Waals surface area (Å²) in [6.07, 6.45) is 5.19. The van der Waals surface area contributed by atoms with Crippen LogP contribution in [-0.4, -0.2) is 27.3 Å². The maximum absolute atomic E-state index is 11.8. The molecule has 1 N–H and O–H groups in total. The second-order valence-corrected chi connectivity index (χ2v) is 4.55. The van der Waals surface area contributed by atoms with Crippen molar-refractivity contribution < 1.29 is 9.53 Å². The minimum Gasteiger partial charge on any atom is -0.462 e. The summed E-state index contributed by atoms with van der Waals surface area (Å²) in [5.41, 5.74) is 1.19. The third-order valence-corrected chi connectivity index (χ3v) is 2.70. The third kappa shape index (κ3) is 3.14. The second-order valence-electron chi connectivity index (χ2n) is 4.55. The first-order valence-electron chi connectivity index (χ1n) is 6.55. The van der Waals surface area contributed by atoms with Crippen LogP contribution in [-0.2, 0) is 4.74 Å². The van der Waals surface area contributed by atoms with E-state index in [-0.39, 0.29) is 12.0 Å². The molecular weight excluding hydrogens is 256 g/mol. The molecule has 0 saturated carbocycles. The number of rotatable bonds is 5. The number of anilines is 2. The molecule has 2 aromatic heterocycles. The number of esters is 1. The van der Waals surface area contributed by atoms with Gasteiger partial charge >= 0.3 is 5.97 Å². The van der Waals surface area contributed by atoms with Crippen molar-refractivity contribution in [2.24, 2.45) is 0 Å². The number of aromatic nitrogens is 3. The van der Waals surface area contributed by atoms with Gasteiger partial charge in [0.25, 0.3) is 0 Å². The molecule has 6 nitrogen and oxygen atoms in total. The highest BCUT2D eigenvalue weighted by molar-refractivity contribution is 5.95. The number of carbonyl (C=O) groups excluding carboxylic acids is 1. The Labute approximate surface area is 117 Å². The molecule has 0 radical (unpaired) electrons. The van der Waals surface area contributed by atoms with Gasteiger partial charge < -0.3 is 10.1 Å². The van der Waals surface area contributed by atoms with Gasteiger partial charge in [0.2, 0.25) is 0 Å². The van der Waals surface area contributed by atoms with E-state index >= 15 is 0 Å². The van der Waals surface area contributed by atoms with E-state index in [2.05, 4.69) is 15.4 Å². The molecule has 6 heteroatoms. The van der Waals surface area contributed by atoms with E-state index in [0.717, 1.165) is 5.69 Å². The third-order valence-electron chi connectivity index (χ3n) is 2.70. The molecule has 0 bridgehead atoms. The van der Waals surface area contributed by atoms with Gasteiger partial charge in [0.1, 0.15) is 11.4 Å². The fourth-order valence-electron chi connectivity index (χ4n) is 1.70. The highest BCUT2D eigenvalue weighted by Crippen LogP contribution is 2.19. The Morgan fingerprint density at radius 1 is 1.50 bits per heavy atom. The van der Waals surface area contributed by atoms with E-state index < -0.39 is 0 Å². The molecule has 106 valence electrons. The van der Waals surface area contributed by atoms with Crippen LogP contribution in [0.4, 0.5) is 11.5 Å². The van der Waals surface area contributed by atoms with Gasteiger partial charge in [0.05, 0.1) is 18.5 Å². The zero-order chi connectivity index (χ0) is 14.5. The minimum absolute atomic E-state index is 0.277. The highest BCUT2D eigenvalue weighted by Gasteiger charge is 2.14. The Morgan fingerprint density at radius 3 is 2.95 bits per heavy atom. The van der Waals surface area contributed by atoms with Gasteiger partial charge in [-0.15, -0.1) is 0 Å². The summed E-state index contributed by atoms with van der Waals surface area (Å²) in [6.45, 7) is 6.19. The van der Waals surface area contributed by atoms with Gasteiger partial charge in [0.15, 0.2) is 0 Å². The maximum Gasteiger partial charge on any atom is 0.341 e. The fraction of sp³-hybridized carbons (Fsp3) is 0.357. The first-order valence-corrected chi connectivity index (χ1v) is 6.55. The van der Waals surface area contributed by atoms with Crippen LogP contribution >= 0.6 is 0 Å². The summed E-state index contributed by atoms with van der Waals surface area (Å²) >= 11 is 0. The number of hydrogen-bond acceptors (Lipinski definition) is 5. The van der Waals surface area contributed by atoms with Crippen LogP contribution in [0.3, 0.4) is 0 Å². The lowest BCUT2D eigenvalue weighted by Gasteiger charge is -2.08. The SMILES string of the molecule is CCOC(=O)c1cccnc1Nc1cnn(C(C)C)c1. The van der Waals surface area contributed by atoms with E-state index in [1.807, 2.05) is 24.7 Å². The first kappa shape index (κ1) is 14.0. The number of nitrogens with zero attached hydrogens (tertiary/aromatic N) is 3. The van der Waals surface area contributed by atoms with Crippen molar-refractivity contribution in [1.29, 1.82) is 0 Å². The van der Waals surface area contributed by atoms with E-state index in [1.54, 1.807) is 31.5 Å². The molecule has 2 rings (SSSR count). The molecule has 0 aliphatic heterocycles. The number of ether oxygens (including phenoxy) is 1. The lowest BCUT2D eigenvalue weighted by molar-refractivity contribution is 0.0527. The van der Waals surface area contributed by atoms with E-state index in [4.69, 9.17) is 4.74 Å². The molecule has 0 amide bonds. The van der Waals surface area contributed by atoms with Crippen molar-refractivity contribution in [2.75, 3.05) is 11.9 Å². The Morgan fingerprint density at radius 2 is 2.30 bits per heavy atom. The van der Waals surface area contributed by atoms with E-state index in [1.165, 1.54) is 0 Å². The lowest BCUT2D eigenvalue weighted by Crippen LogP contribution is -2.09. The number of carbonyl (C=O) groups is 1. The maximum atomic E-state index is 11.8. The predicted molar refractivity (Wildman–Crippen MR) is 76.1 cm³/mol.